The van der Waals surface area contributed by atoms with Gasteiger partial charge in [0, 0.05) is 22.6 Å². The molecule has 1 aromatic heterocycles. The van der Waals surface area contributed by atoms with Crippen molar-refractivity contribution >= 4 is 22.8 Å². The first kappa shape index (κ1) is 16.3. The molecule has 1 aliphatic carbocycles. The zero-order chi connectivity index (χ0) is 17.3. The molecule has 1 amide bonds. The van der Waals surface area contributed by atoms with Crippen molar-refractivity contribution in [2.75, 3.05) is 0 Å². The number of carboxylic acid groups (broad SMARTS) is 1. The van der Waals surface area contributed by atoms with Gasteiger partial charge in [0.25, 0.3) is 0 Å². The number of benzene rings is 1. The third kappa shape index (κ3) is 2.70. The molecule has 1 heterocycles. The highest BCUT2D eigenvalue weighted by atomic mass is 16.4. The molecule has 0 fully saturated rings. The van der Waals surface area contributed by atoms with Crippen molar-refractivity contribution in [1.82, 2.24) is 9.88 Å². The number of aromatic nitrogens is 1. The number of rotatable bonds is 5. The molecule has 0 saturated heterocycles. The second-order valence-electron chi connectivity index (χ2n) is 6.23. The minimum absolute atomic E-state index is 0.0622. The van der Waals surface area contributed by atoms with Gasteiger partial charge >= 0.3 is 5.97 Å². The summed E-state index contributed by atoms with van der Waals surface area (Å²) in [5.74, 6) is -0.965. The van der Waals surface area contributed by atoms with Crippen molar-refractivity contribution in [1.29, 1.82) is 0 Å². The zero-order valence-electron chi connectivity index (χ0n) is 13.8. The topological polar surface area (TPSA) is 71.3 Å². The van der Waals surface area contributed by atoms with E-state index < -0.39 is 12.0 Å². The third-order valence-corrected chi connectivity index (χ3v) is 4.82. The number of carbonyl (C=O) groups excluding carboxylic acids is 1. The molecule has 2 aromatic rings. The van der Waals surface area contributed by atoms with E-state index in [2.05, 4.69) is 11.9 Å². The SMILES string of the molecule is C=CC(=O)NC1CCc2c(c3ccccc3n2C(CC)C(=O)O)C1. The monoisotopic (exact) mass is 326 g/mol. The molecule has 0 aliphatic heterocycles. The molecule has 0 radical (unpaired) electrons. The lowest BCUT2D eigenvalue weighted by Crippen LogP contribution is -2.38. The van der Waals surface area contributed by atoms with Crippen LogP contribution >= 0.6 is 0 Å². The first-order valence-corrected chi connectivity index (χ1v) is 8.33. The Balaban J connectivity index is 2.08. The fourth-order valence-corrected chi connectivity index (χ4v) is 3.75. The minimum atomic E-state index is -0.803. The summed E-state index contributed by atoms with van der Waals surface area (Å²) in [5.41, 5.74) is 3.22. The van der Waals surface area contributed by atoms with Crippen LogP contribution in [-0.2, 0) is 22.4 Å². The van der Waals surface area contributed by atoms with Crippen LogP contribution < -0.4 is 5.32 Å². The van der Waals surface area contributed by atoms with Crippen molar-refractivity contribution < 1.29 is 14.7 Å². The molecule has 2 N–H and O–H groups in total. The van der Waals surface area contributed by atoms with Crippen LogP contribution in [0.5, 0.6) is 0 Å². The van der Waals surface area contributed by atoms with E-state index in [1.807, 2.05) is 35.8 Å². The molecule has 1 aliphatic rings. The number of hydrogen-bond acceptors (Lipinski definition) is 2. The number of para-hydroxylation sites is 1. The van der Waals surface area contributed by atoms with Crippen LogP contribution in [0, 0.1) is 0 Å². The summed E-state index contributed by atoms with van der Waals surface area (Å²) in [6.07, 6.45) is 4.11. The average molecular weight is 326 g/mol. The highest BCUT2D eigenvalue weighted by Crippen LogP contribution is 2.35. The third-order valence-electron chi connectivity index (χ3n) is 4.82. The van der Waals surface area contributed by atoms with Crippen LogP contribution in [0.25, 0.3) is 10.9 Å². The van der Waals surface area contributed by atoms with E-state index in [0.29, 0.717) is 6.42 Å². The van der Waals surface area contributed by atoms with Gasteiger partial charge in [0.1, 0.15) is 6.04 Å². The van der Waals surface area contributed by atoms with Gasteiger partial charge in [-0.2, -0.15) is 0 Å². The fourth-order valence-electron chi connectivity index (χ4n) is 3.75. The number of nitrogens with one attached hydrogen (secondary N) is 1. The van der Waals surface area contributed by atoms with E-state index in [1.54, 1.807) is 0 Å². The molecular weight excluding hydrogens is 304 g/mol. The lowest BCUT2D eigenvalue weighted by molar-refractivity contribution is -0.140. The Kier molecular flexibility index (Phi) is 4.42. The summed E-state index contributed by atoms with van der Waals surface area (Å²) in [6, 6.07) is 7.44. The Bertz CT molecular complexity index is 806. The minimum Gasteiger partial charge on any atom is -0.480 e. The molecule has 3 rings (SSSR count). The molecule has 1 aromatic carbocycles. The van der Waals surface area contributed by atoms with E-state index >= 15 is 0 Å². The normalized spacial score (nSPS) is 18.0. The fraction of sp³-hybridized carbons (Fsp3) is 0.368. The van der Waals surface area contributed by atoms with Crippen LogP contribution in [0.2, 0.25) is 0 Å². The second kappa shape index (κ2) is 6.51. The van der Waals surface area contributed by atoms with E-state index in [-0.39, 0.29) is 11.9 Å². The molecule has 0 bridgehead atoms. The second-order valence-corrected chi connectivity index (χ2v) is 6.23. The van der Waals surface area contributed by atoms with Gasteiger partial charge in [0.15, 0.2) is 0 Å². The lowest BCUT2D eigenvalue weighted by Gasteiger charge is -2.26. The van der Waals surface area contributed by atoms with Crippen molar-refractivity contribution in [3.63, 3.8) is 0 Å². The molecule has 24 heavy (non-hydrogen) atoms. The summed E-state index contributed by atoms with van der Waals surface area (Å²) in [7, 11) is 0. The summed E-state index contributed by atoms with van der Waals surface area (Å²) in [5, 5.41) is 13.7. The first-order chi connectivity index (χ1) is 11.6. The molecule has 126 valence electrons. The van der Waals surface area contributed by atoms with Crippen LogP contribution in [0.15, 0.2) is 36.9 Å². The van der Waals surface area contributed by atoms with E-state index in [9.17, 15) is 14.7 Å². The van der Waals surface area contributed by atoms with Crippen molar-refractivity contribution in [2.45, 2.75) is 44.7 Å². The van der Waals surface area contributed by atoms with Gasteiger partial charge < -0.3 is 15.0 Å². The molecule has 0 saturated carbocycles. The number of aliphatic carboxylic acids is 1. The average Bonchev–Trinajstić information content (AvgIpc) is 2.90. The Morgan fingerprint density at radius 1 is 1.46 bits per heavy atom. The molecule has 2 unspecified atom stereocenters. The maximum atomic E-state index is 11.7. The maximum absolute atomic E-state index is 11.7. The predicted octanol–water partition coefficient (Wildman–Crippen LogP) is 2.84. The van der Waals surface area contributed by atoms with Crippen LogP contribution in [0.4, 0.5) is 0 Å². The molecular formula is C19H22N2O3. The van der Waals surface area contributed by atoms with E-state index in [4.69, 9.17) is 0 Å². The van der Waals surface area contributed by atoms with Crippen molar-refractivity contribution in [2.24, 2.45) is 0 Å². The molecule has 5 nitrogen and oxygen atoms in total. The van der Waals surface area contributed by atoms with Crippen LogP contribution in [-0.4, -0.2) is 27.6 Å². The number of carbonyl (C=O) groups is 2. The number of amides is 1. The summed E-state index contributed by atoms with van der Waals surface area (Å²) < 4.78 is 1.98. The maximum Gasteiger partial charge on any atom is 0.326 e. The lowest BCUT2D eigenvalue weighted by atomic mass is 9.91. The van der Waals surface area contributed by atoms with Crippen molar-refractivity contribution in [3.05, 3.63) is 48.2 Å². The van der Waals surface area contributed by atoms with Crippen molar-refractivity contribution in [3.8, 4) is 0 Å². The molecule has 0 spiro atoms. The van der Waals surface area contributed by atoms with Crippen LogP contribution in [0.3, 0.4) is 0 Å². The number of nitrogens with zero attached hydrogens (tertiary/aromatic N) is 1. The van der Waals surface area contributed by atoms with Gasteiger partial charge in [0.05, 0.1) is 0 Å². The zero-order valence-corrected chi connectivity index (χ0v) is 13.8. The quantitative estimate of drug-likeness (QED) is 0.830. The molecule has 2 atom stereocenters. The van der Waals surface area contributed by atoms with Gasteiger partial charge in [-0.25, -0.2) is 4.79 Å². The Morgan fingerprint density at radius 3 is 2.88 bits per heavy atom. The summed E-state index contributed by atoms with van der Waals surface area (Å²) in [6.45, 7) is 5.40. The van der Waals surface area contributed by atoms with Gasteiger partial charge in [0.2, 0.25) is 5.91 Å². The van der Waals surface area contributed by atoms with Gasteiger partial charge in [-0.05, 0) is 43.4 Å². The van der Waals surface area contributed by atoms with Gasteiger partial charge in [-0.15, -0.1) is 0 Å². The highest BCUT2D eigenvalue weighted by molar-refractivity contribution is 5.89. The summed E-state index contributed by atoms with van der Waals surface area (Å²) >= 11 is 0. The van der Waals surface area contributed by atoms with E-state index in [0.717, 1.165) is 41.4 Å². The molecule has 5 heteroatoms. The smallest absolute Gasteiger partial charge is 0.326 e. The highest BCUT2D eigenvalue weighted by Gasteiger charge is 2.30. The standard InChI is InChI=1S/C19H22N2O3/c1-3-15(19(23)24)21-16-8-6-5-7-13(16)14-11-12(9-10-17(14)21)20-18(22)4-2/h4-8,12,15H,2-3,9-11H2,1H3,(H,20,22)(H,23,24). The van der Waals surface area contributed by atoms with Gasteiger partial charge in [-0.1, -0.05) is 31.7 Å². The Labute approximate surface area is 141 Å². The predicted molar refractivity (Wildman–Crippen MR) is 93.1 cm³/mol. The van der Waals surface area contributed by atoms with Crippen LogP contribution in [0.1, 0.15) is 37.1 Å². The number of fused-ring (bicyclic) bond motifs is 3. The van der Waals surface area contributed by atoms with E-state index in [1.165, 1.54) is 6.08 Å². The first-order valence-electron chi connectivity index (χ1n) is 8.33. The Hall–Kier alpha value is -2.56. The Morgan fingerprint density at radius 2 is 2.21 bits per heavy atom. The van der Waals surface area contributed by atoms with Gasteiger partial charge in [-0.3, -0.25) is 4.79 Å². The number of hydrogen-bond donors (Lipinski definition) is 2. The largest absolute Gasteiger partial charge is 0.480 e. The number of carboxylic acids is 1. The summed E-state index contributed by atoms with van der Waals surface area (Å²) in [4.78, 5) is 23.3.